The number of rotatable bonds is 10. The van der Waals surface area contributed by atoms with Gasteiger partial charge in [0.05, 0.1) is 18.4 Å². The largest absolute Gasteiger partial charge is 0.465 e. The molecule has 3 heteroatoms. The highest BCUT2D eigenvalue weighted by Crippen LogP contribution is 2.43. The number of nitriles is 1. The van der Waals surface area contributed by atoms with Gasteiger partial charge in [-0.1, -0.05) is 44.4 Å². The van der Waals surface area contributed by atoms with Crippen LogP contribution in [0.4, 0.5) is 0 Å². The van der Waals surface area contributed by atoms with Gasteiger partial charge >= 0.3 is 0 Å². The number of unbranched alkanes of at least 4 members (excludes halogenated alkanes) is 3. The van der Waals surface area contributed by atoms with Crippen molar-refractivity contribution in [2.24, 2.45) is 0 Å². The summed E-state index contributed by atoms with van der Waals surface area (Å²) in [5.41, 5.74) is 3.65. The van der Waals surface area contributed by atoms with Crippen LogP contribution in [0.25, 0.3) is 0 Å². The highest BCUT2D eigenvalue weighted by molar-refractivity contribution is 5.52. The van der Waals surface area contributed by atoms with Crippen LogP contribution in [0, 0.1) is 11.3 Å². The van der Waals surface area contributed by atoms with E-state index in [1.165, 1.54) is 49.0 Å². The van der Waals surface area contributed by atoms with Crippen LogP contribution in [-0.4, -0.2) is 0 Å². The Hall–Kier alpha value is -2.47. The average molecular weight is 366 g/mol. The van der Waals surface area contributed by atoms with Crippen LogP contribution in [-0.2, 0) is 6.42 Å². The molecule has 27 heavy (non-hydrogen) atoms. The lowest BCUT2D eigenvalue weighted by Crippen LogP contribution is -2.07. The molecule has 3 nitrogen and oxygen atoms in total. The lowest BCUT2D eigenvalue weighted by Gasteiger charge is -2.24. The normalized spacial score (nSPS) is 16.6. The topological polar surface area (TPSA) is 42.2 Å². The Labute approximate surface area is 164 Å². The lowest BCUT2D eigenvalue weighted by molar-refractivity contribution is 0.437. The Kier molecular flexibility index (Phi) is 8.71. The predicted octanol–water partition coefficient (Wildman–Crippen LogP) is 6.96. The van der Waals surface area contributed by atoms with Crippen molar-refractivity contribution in [1.29, 1.82) is 5.26 Å². The molecule has 0 heterocycles. The smallest absolute Gasteiger partial charge is 0.134 e. The first-order chi connectivity index (χ1) is 13.2. The first-order valence-corrected chi connectivity index (χ1v) is 10.0. The van der Waals surface area contributed by atoms with E-state index in [9.17, 15) is 0 Å². The Morgan fingerprint density at radius 1 is 1.22 bits per heavy atom. The van der Waals surface area contributed by atoms with Gasteiger partial charge < -0.3 is 9.47 Å². The van der Waals surface area contributed by atoms with E-state index in [1.54, 1.807) is 0 Å². The molecule has 0 unspecified atom stereocenters. The summed E-state index contributed by atoms with van der Waals surface area (Å²) in [5, 5.41) is 8.79. The molecule has 1 aliphatic carbocycles. The molecular formula is C24H31NO2. The highest BCUT2D eigenvalue weighted by Gasteiger charge is 2.23. The molecule has 0 amide bonds. The van der Waals surface area contributed by atoms with Crippen molar-refractivity contribution < 1.29 is 9.47 Å². The quantitative estimate of drug-likeness (QED) is 0.195. The molecule has 1 aromatic carbocycles. The SMILES string of the molecule is C=COc1cc(CCCCCC)cc(O/C=C\C#N)c1[C@@H]1C=C(C)CCC1. The van der Waals surface area contributed by atoms with Crippen molar-refractivity contribution in [2.75, 3.05) is 0 Å². The van der Waals surface area contributed by atoms with E-state index in [4.69, 9.17) is 14.7 Å². The molecule has 0 spiro atoms. The standard InChI is InChI=1S/C24H31NO2/c1-4-6-7-8-12-20-17-22(26-5-2)24(21-13-9-11-19(3)16-21)23(18-20)27-15-10-14-25/h5,10,15-18,21H,2,4,6-9,11-13H2,1,3H3/b15-10-/t21-/m0/s1. The van der Waals surface area contributed by atoms with Gasteiger partial charge in [0.15, 0.2) is 0 Å². The summed E-state index contributed by atoms with van der Waals surface area (Å²) in [5.74, 6) is 1.85. The van der Waals surface area contributed by atoms with Crippen LogP contribution >= 0.6 is 0 Å². The molecular weight excluding hydrogens is 334 g/mol. The zero-order valence-electron chi connectivity index (χ0n) is 16.7. The van der Waals surface area contributed by atoms with Crippen molar-refractivity contribution in [2.45, 2.75) is 71.1 Å². The highest BCUT2D eigenvalue weighted by atomic mass is 16.5. The molecule has 0 aromatic heterocycles. The molecule has 144 valence electrons. The third-order valence-electron chi connectivity index (χ3n) is 4.97. The monoisotopic (exact) mass is 365 g/mol. The van der Waals surface area contributed by atoms with E-state index in [-0.39, 0.29) is 5.92 Å². The Morgan fingerprint density at radius 2 is 2.00 bits per heavy atom. The summed E-state index contributed by atoms with van der Waals surface area (Å²) in [6.45, 7) is 8.14. The summed E-state index contributed by atoms with van der Waals surface area (Å²) < 4.78 is 11.7. The van der Waals surface area contributed by atoms with Crippen LogP contribution in [0.3, 0.4) is 0 Å². The number of hydrogen-bond donors (Lipinski definition) is 0. The Bertz CT molecular complexity index is 725. The van der Waals surface area contributed by atoms with Crippen LogP contribution in [0.15, 0.2) is 49.0 Å². The zero-order valence-corrected chi connectivity index (χ0v) is 16.7. The molecule has 0 aliphatic heterocycles. The molecule has 1 aliphatic rings. The molecule has 0 saturated carbocycles. The fourth-order valence-corrected chi connectivity index (χ4v) is 3.68. The Balaban J connectivity index is 2.40. The third-order valence-corrected chi connectivity index (χ3v) is 4.97. The first-order valence-electron chi connectivity index (χ1n) is 10.0. The number of aryl methyl sites for hydroxylation is 1. The second-order valence-corrected chi connectivity index (χ2v) is 7.16. The molecule has 0 bridgehead atoms. The Morgan fingerprint density at radius 3 is 2.67 bits per heavy atom. The van der Waals surface area contributed by atoms with Crippen LogP contribution in [0.1, 0.15) is 75.8 Å². The number of nitrogens with zero attached hydrogens (tertiary/aromatic N) is 1. The van der Waals surface area contributed by atoms with E-state index in [0.717, 1.165) is 49.2 Å². The molecule has 1 aromatic rings. The summed E-state index contributed by atoms with van der Waals surface area (Å²) in [4.78, 5) is 0. The van der Waals surface area contributed by atoms with Crippen LogP contribution < -0.4 is 9.47 Å². The van der Waals surface area contributed by atoms with E-state index in [1.807, 2.05) is 6.07 Å². The van der Waals surface area contributed by atoms with E-state index >= 15 is 0 Å². The second-order valence-electron chi connectivity index (χ2n) is 7.16. The summed E-state index contributed by atoms with van der Waals surface area (Å²) in [6, 6.07) is 6.22. The van der Waals surface area contributed by atoms with Crippen LogP contribution in [0.2, 0.25) is 0 Å². The number of allylic oxidation sites excluding steroid dienone is 3. The maximum atomic E-state index is 8.79. The van der Waals surface area contributed by atoms with Crippen LogP contribution in [0.5, 0.6) is 11.5 Å². The molecule has 0 radical (unpaired) electrons. The first kappa shape index (κ1) is 20.8. The number of hydrogen-bond acceptors (Lipinski definition) is 3. The van der Waals surface area contributed by atoms with Gasteiger partial charge in [0.1, 0.15) is 17.8 Å². The van der Waals surface area contributed by atoms with E-state index < -0.39 is 0 Å². The lowest BCUT2D eigenvalue weighted by atomic mass is 9.84. The van der Waals surface area contributed by atoms with Crippen molar-refractivity contribution in [3.63, 3.8) is 0 Å². The van der Waals surface area contributed by atoms with Gasteiger partial charge in [0.2, 0.25) is 0 Å². The molecule has 0 fully saturated rings. The summed E-state index contributed by atoms with van der Waals surface area (Å²) >= 11 is 0. The minimum atomic E-state index is 0.258. The maximum Gasteiger partial charge on any atom is 0.134 e. The van der Waals surface area contributed by atoms with Crippen molar-refractivity contribution in [3.8, 4) is 17.6 Å². The van der Waals surface area contributed by atoms with Gasteiger partial charge in [-0.3, -0.25) is 0 Å². The van der Waals surface area contributed by atoms with Gasteiger partial charge in [-0.25, -0.2) is 0 Å². The maximum absolute atomic E-state index is 8.79. The van der Waals surface area contributed by atoms with Crippen molar-refractivity contribution >= 4 is 0 Å². The summed E-state index contributed by atoms with van der Waals surface area (Å²) in [6.07, 6.45) is 15.8. The van der Waals surface area contributed by atoms with E-state index in [2.05, 4.69) is 38.6 Å². The van der Waals surface area contributed by atoms with Crippen molar-refractivity contribution in [3.05, 3.63) is 60.1 Å². The van der Waals surface area contributed by atoms with E-state index in [0.29, 0.717) is 0 Å². The minimum absolute atomic E-state index is 0.258. The number of ether oxygens (including phenoxy) is 2. The van der Waals surface area contributed by atoms with Gasteiger partial charge in [0, 0.05) is 11.5 Å². The fourth-order valence-electron chi connectivity index (χ4n) is 3.68. The molecule has 2 rings (SSSR count). The third kappa shape index (κ3) is 6.32. The zero-order chi connectivity index (χ0) is 19.5. The molecule has 0 N–H and O–H groups in total. The van der Waals surface area contributed by atoms with Gasteiger partial charge in [-0.2, -0.15) is 5.26 Å². The fraction of sp³-hybridized carbons (Fsp3) is 0.458. The van der Waals surface area contributed by atoms with Crippen molar-refractivity contribution in [1.82, 2.24) is 0 Å². The van der Waals surface area contributed by atoms with Gasteiger partial charge in [-0.15, -0.1) is 0 Å². The van der Waals surface area contributed by atoms with Gasteiger partial charge in [0.25, 0.3) is 0 Å². The number of benzene rings is 1. The predicted molar refractivity (Wildman–Crippen MR) is 111 cm³/mol. The second kappa shape index (κ2) is 11.3. The minimum Gasteiger partial charge on any atom is -0.465 e. The molecule has 0 saturated heterocycles. The summed E-state index contributed by atoms with van der Waals surface area (Å²) in [7, 11) is 0. The van der Waals surface area contributed by atoms with Gasteiger partial charge in [-0.05, 0) is 56.7 Å². The molecule has 1 atom stereocenters. The average Bonchev–Trinajstić information content (AvgIpc) is 2.66.